The number of carbonyl (C=O) groups is 2. The minimum Gasteiger partial charge on any atom is -0.478 e. The number of allylic oxidation sites excluding steroid dienone is 2. The van der Waals surface area contributed by atoms with Gasteiger partial charge in [-0.2, -0.15) is 4.68 Å². The molecule has 8 nitrogen and oxygen atoms in total. The van der Waals surface area contributed by atoms with Gasteiger partial charge in [0, 0.05) is 17.7 Å². The number of rotatable bonds is 2. The van der Waals surface area contributed by atoms with Crippen molar-refractivity contribution < 1.29 is 14.7 Å². The van der Waals surface area contributed by atoms with Crippen LogP contribution >= 0.6 is 0 Å². The van der Waals surface area contributed by atoms with E-state index in [-0.39, 0.29) is 11.3 Å². The Kier molecular flexibility index (Phi) is 2.97. The number of aromatic nitrogens is 4. The molecule has 0 amide bonds. The largest absolute Gasteiger partial charge is 0.478 e. The molecule has 0 saturated carbocycles. The van der Waals surface area contributed by atoms with Gasteiger partial charge in [-0.1, -0.05) is 17.2 Å². The lowest BCUT2D eigenvalue weighted by Crippen LogP contribution is -2.31. The maximum atomic E-state index is 12.4. The van der Waals surface area contributed by atoms with Crippen LogP contribution < -0.4 is 5.32 Å². The van der Waals surface area contributed by atoms with Gasteiger partial charge in [-0.3, -0.25) is 4.79 Å². The minimum atomic E-state index is -0.987. The van der Waals surface area contributed by atoms with Gasteiger partial charge < -0.3 is 10.4 Å². The Morgan fingerprint density at radius 3 is 2.78 bits per heavy atom. The van der Waals surface area contributed by atoms with E-state index in [1.165, 1.54) is 12.1 Å². The van der Waals surface area contributed by atoms with Gasteiger partial charge in [-0.05, 0) is 41.0 Å². The number of hydrogen-bond acceptors (Lipinski definition) is 6. The van der Waals surface area contributed by atoms with Crippen LogP contribution in [-0.2, 0) is 4.79 Å². The van der Waals surface area contributed by atoms with Crippen molar-refractivity contribution in [3.63, 3.8) is 0 Å². The summed E-state index contributed by atoms with van der Waals surface area (Å²) < 4.78 is 1.57. The number of carboxylic acid groups (broad SMARTS) is 1. The highest BCUT2D eigenvalue weighted by Crippen LogP contribution is 2.39. The summed E-state index contributed by atoms with van der Waals surface area (Å²) in [6, 6.07) is 6.04. The molecule has 1 aliphatic heterocycles. The van der Waals surface area contributed by atoms with Crippen LogP contribution in [0.2, 0.25) is 0 Å². The number of Topliss-reactive ketones (excluding diaryl/α,β-unsaturated/α-hetero) is 1. The lowest BCUT2D eigenvalue weighted by Gasteiger charge is -2.31. The van der Waals surface area contributed by atoms with Gasteiger partial charge in [0.1, 0.15) is 6.04 Å². The summed E-state index contributed by atoms with van der Waals surface area (Å²) in [5.74, 6) is -0.420. The Bertz CT molecular complexity index is 837. The van der Waals surface area contributed by atoms with E-state index in [0.29, 0.717) is 17.9 Å². The molecule has 23 heavy (non-hydrogen) atoms. The van der Waals surface area contributed by atoms with E-state index in [0.717, 1.165) is 24.1 Å². The van der Waals surface area contributed by atoms with E-state index < -0.39 is 12.0 Å². The first-order chi connectivity index (χ1) is 11.1. The van der Waals surface area contributed by atoms with E-state index in [1.54, 1.807) is 16.8 Å². The second-order valence-electron chi connectivity index (χ2n) is 5.57. The predicted octanol–water partition coefficient (Wildman–Crippen LogP) is 1.39. The van der Waals surface area contributed by atoms with E-state index in [2.05, 4.69) is 20.8 Å². The topological polar surface area (TPSA) is 110 Å². The molecule has 8 heteroatoms. The summed E-state index contributed by atoms with van der Waals surface area (Å²) in [7, 11) is 0. The second-order valence-corrected chi connectivity index (χ2v) is 5.57. The highest BCUT2D eigenvalue weighted by atomic mass is 16.4. The fraction of sp³-hybridized carbons (Fsp3) is 0.267. The third kappa shape index (κ3) is 2.10. The SMILES string of the molecule is O=C1CCCC2=C1C(c1ccc(C(=O)O)cc1)n1nnnc1N2. The van der Waals surface area contributed by atoms with Crippen LogP contribution in [0, 0.1) is 0 Å². The molecule has 1 atom stereocenters. The molecule has 1 aromatic carbocycles. The second kappa shape index (κ2) is 5.01. The van der Waals surface area contributed by atoms with Crippen LogP contribution in [0.3, 0.4) is 0 Å². The third-order valence-corrected chi connectivity index (χ3v) is 4.20. The van der Waals surface area contributed by atoms with Crippen molar-refractivity contribution in [2.75, 3.05) is 5.32 Å². The number of nitrogens with zero attached hydrogens (tertiary/aromatic N) is 4. The van der Waals surface area contributed by atoms with Crippen molar-refractivity contribution in [1.29, 1.82) is 0 Å². The van der Waals surface area contributed by atoms with Gasteiger partial charge in [0.25, 0.3) is 0 Å². The smallest absolute Gasteiger partial charge is 0.335 e. The molecule has 0 fully saturated rings. The van der Waals surface area contributed by atoms with E-state index >= 15 is 0 Å². The van der Waals surface area contributed by atoms with Crippen LogP contribution in [-0.4, -0.2) is 37.1 Å². The molecule has 1 aromatic heterocycles. The standard InChI is InChI=1S/C15H13N5O3/c21-11-3-1-2-10-12(11)13(20-15(16-10)17-18-19-20)8-4-6-9(7-5-8)14(22)23/h4-7,13H,1-3H2,(H,22,23)(H,16,17,19). The average molecular weight is 311 g/mol. The lowest BCUT2D eigenvalue weighted by molar-refractivity contribution is -0.116. The summed E-state index contributed by atoms with van der Waals surface area (Å²) in [4.78, 5) is 23.5. The van der Waals surface area contributed by atoms with Gasteiger partial charge in [0.15, 0.2) is 5.78 Å². The zero-order chi connectivity index (χ0) is 16.0. The Labute approximate surface area is 130 Å². The molecule has 1 aliphatic carbocycles. The Hall–Kier alpha value is -3.03. The molecule has 0 spiro atoms. The maximum absolute atomic E-state index is 12.4. The predicted molar refractivity (Wildman–Crippen MR) is 78.9 cm³/mol. The van der Waals surface area contributed by atoms with E-state index in [9.17, 15) is 9.59 Å². The summed E-state index contributed by atoms with van der Waals surface area (Å²) in [6.45, 7) is 0. The average Bonchev–Trinajstić information content (AvgIpc) is 3.01. The van der Waals surface area contributed by atoms with Gasteiger partial charge >= 0.3 is 5.97 Å². The summed E-state index contributed by atoms with van der Waals surface area (Å²) in [6.07, 6.45) is 2.08. The van der Waals surface area contributed by atoms with E-state index in [1.807, 2.05) is 0 Å². The number of anilines is 1. The molecular weight excluding hydrogens is 298 g/mol. The number of carboxylic acids is 1. The summed E-state index contributed by atoms with van der Waals surface area (Å²) in [5.41, 5.74) is 2.51. The number of benzene rings is 1. The molecule has 2 aromatic rings. The van der Waals surface area contributed by atoms with Gasteiger partial charge in [-0.15, -0.1) is 0 Å². The first-order valence-electron chi connectivity index (χ1n) is 7.29. The molecule has 116 valence electrons. The first kappa shape index (κ1) is 13.6. The molecule has 1 unspecified atom stereocenters. The van der Waals surface area contributed by atoms with Gasteiger partial charge in [-0.25, -0.2) is 4.79 Å². The fourth-order valence-electron chi connectivity index (χ4n) is 3.13. The molecular formula is C15H13N5O3. The van der Waals surface area contributed by atoms with Crippen molar-refractivity contribution in [2.45, 2.75) is 25.3 Å². The Morgan fingerprint density at radius 2 is 2.04 bits per heavy atom. The van der Waals surface area contributed by atoms with Crippen LogP contribution in [0.5, 0.6) is 0 Å². The number of carbonyl (C=O) groups excluding carboxylic acids is 1. The lowest BCUT2D eigenvalue weighted by atomic mass is 9.85. The number of aromatic carboxylic acids is 1. The van der Waals surface area contributed by atoms with Crippen molar-refractivity contribution in [1.82, 2.24) is 20.2 Å². The fourth-order valence-corrected chi connectivity index (χ4v) is 3.13. The monoisotopic (exact) mass is 311 g/mol. The zero-order valence-electron chi connectivity index (χ0n) is 12.1. The highest BCUT2D eigenvalue weighted by Gasteiger charge is 2.36. The summed E-state index contributed by atoms with van der Waals surface area (Å²) >= 11 is 0. The molecule has 0 radical (unpaired) electrons. The van der Waals surface area contributed by atoms with Crippen LogP contribution in [0.15, 0.2) is 35.5 Å². The number of hydrogen-bond donors (Lipinski definition) is 2. The van der Waals surface area contributed by atoms with Crippen LogP contribution in [0.1, 0.15) is 41.2 Å². The summed E-state index contributed by atoms with van der Waals surface area (Å²) in [5, 5.41) is 23.8. The Balaban J connectivity index is 1.85. The van der Waals surface area contributed by atoms with Crippen LogP contribution in [0.4, 0.5) is 5.95 Å². The normalized spacial score (nSPS) is 19.8. The van der Waals surface area contributed by atoms with Crippen molar-refractivity contribution >= 4 is 17.7 Å². The molecule has 0 saturated heterocycles. The van der Waals surface area contributed by atoms with Crippen molar-refractivity contribution in [2.24, 2.45) is 0 Å². The van der Waals surface area contributed by atoms with Crippen LogP contribution in [0.25, 0.3) is 0 Å². The highest BCUT2D eigenvalue weighted by molar-refractivity contribution is 5.99. The Morgan fingerprint density at radius 1 is 1.26 bits per heavy atom. The number of nitrogens with one attached hydrogen (secondary N) is 1. The minimum absolute atomic E-state index is 0.0761. The number of fused-ring (bicyclic) bond motifs is 1. The number of ketones is 1. The van der Waals surface area contributed by atoms with Crippen molar-refractivity contribution in [3.8, 4) is 0 Å². The molecule has 2 heterocycles. The number of tetrazole rings is 1. The maximum Gasteiger partial charge on any atom is 0.335 e. The zero-order valence-corrected chi connectivity index (χ0v) is 12.1. The van der Waals surface area contributed by atoms with Crippen molar-refractivity contribution in [3.05, 3.63) is 46.7 Å². The molecule has 4 rings (SSSR count). The molecule has 2 N–H and O–H groups in total. The quantitative estimate of drug-likeness (QED) is 0.862. The molecule has 0 bridgehead atoms. The third-order valence-electron chi connectivity index (χ3n) is 4.20. The first-order valence-corrected chi connectivity index (χ1v) is 7.29. The van der Waals surface area contributed by atoms with Gasteiger partial charge in [0.2, 0.25) is 5.95 Å². The van der Waals surface area contributed by atoms with Gasteiger partial charge in [0.05, 0.1) is 5.56 Å². The molecule has 2 aliphatic rings. The van der Waals surface area contributed by atoms with E-state index in [4.69, 9.17) is 5.11 Å².